The molecule has 23 heavy (non-hydrogen) atoms. The van der Waals surface area contributed by atoms with Crippen molar-refractivity contribution in [2.45, 2.75) is 45.2 Å². The molecule has 3 rings (SSSR count). The largest absolute Gasteiger partial charge is 0.352 e. The molecule has 1 amide bonds. The molecule has 0 aliphatic heterocycles. The van der Waals surface area contributed by atoms with Gasteiger partial charge in [0.15, 0.2) is 6.29 Å². The number of aldehydes is 1. The van der Waals surface area contributed by atoms with E-state index in [4.69, 9.17) is 0 Å². The van der Waals surface area contributed by atoms with E-state index in [2.05, 4.69) is 28.2 Å². The summed E-state index contributed by atoms with van der Waals surface area (Å²) in [5.74, 6) is 0.552. The SMILES string of the molecule is C[C@@H]1CCCC[C@H]1NC(=O)Cn1cc(C=O)c2cc(Br)ccc21. The van der Waals surface area contributed by atoms with Crippen molar-refractivity contribution in [2.24, 2.45) is 5.92 Å². The van der Waals surface area contributed by atoms with Gasteiger partial charge < -0.3 is 9.88 Å². The molecule has 122 valence electrons. The van der Waals surface area contributed by atoms with Gasteiger partial charge in [0.25, 0.3) is 0 Å². The third-order valence-electron chi connectivity index (χ3n) is 4.77. The van der Waals surface area contributed by atoms with Gasteiger partial charge in [-0.3, -0.25) is 9.59 Å². The fourth-order valence-corrected chi connectivity index (χ4v) is 3.82. The van der Waals surface area contributed by atoms with Crippen LogP contribution in [0.4, 0.5) is 0 Å². The molecule has 1 aliphatic carbocycles. The third-order valence-corrected chi connectivity index (χ3v) is 5.27. The molecule has 0 spiro atoms. The number of hydrogen-bond donors (Lipinski definition) is 1. The number of hydrogen-bond acceptors (Lipinski definition) is 2. The molecule has 0 unspecified atom stereocenters. The minimum absolute atomic E-state index is 0.0148. The van der Waals surface area contributed by atoms with Gasteiger partial charge in [-0.05, 0) is 37.0 Å². The van der Waals surface area contributed by atoms with Crippen molar-refractivity contribution in [3.8, 4) is 0 Å². The zero-order valence-electron chi connectivity index (χ0n) is 13.2. The Balaban J connectivity index is 1.78. The van der Waals surface area contributed by atoms with Crippen LogP contribution in [0.3, 0.4) is 0 Å². The maximum Gasteiger partial charge on any atom is 0.240 e. The normalized spacial score (nSPS) is 21.3. The summed E-state index contributed by atoms with van der Waals surface area (Å²) >= 11 is 3.42. The lowest BCUT2D eigenvalue weighted by atomic mass is 9.86. The molecule has 1 heterocycles. The highest BCUT2D eigenvalue weighted by atomic mass is 79.9. The van der Waals surface area contributed by atoms with E-state index in [1.807, 2.05) is 22.8 Å². The Bertz CT molecular complexity index is 738. The Kier molecular flexibility index (Phi) is 4.85. The Morgan fingerprint density at radius 1 is 1.39 bits per heavy atom. The molecule has 1 N–H and O–H groups in total. The van der Waals surface area contributed by atoms with Gasteiger partial charge in [0, 0.05) is 33.2 Å². The lowest BCUT2D eigenvalue weighted by molar-refractivity contribution is -0.122. The molecule has 2 atom stereocenters. The first-order valence-corrected chi connectivity index (χ1v) is 8.90. The van der Waals surface area contributed by atoms with Crippen molar-refractivity contribution in [1.82, 2.24) is 9.88 Å². The summed E-state index contributed by atoms with van der Waals surface area (Å²) in [6, 6.07) is 6.05. The Hall–Kier alpha value is -1.62. The molecule has 1 aliphatic rings. The average Bonchev–Trinajstić information content (AvgIpc) is 2.86. The lowest BCUT2D eigenvalue weighted by Gasteiger charge is -2.29. The summed E-state index contributed by atoms with van der Waals surface area (Å²) in [4.78, 5) is 23.7. The fourth-order valence-electron chi connectivity index (χ4n) is 3.46. The summed E-state index contributed by atoms with van der Waals surface area (Å²) in [5, 5.41) is 4.03. The molecule has 2 aromatic rings. The molecule has 5 heteroatoms. The van der Waals surface area contributed by atoms with E-state index >= 15 is 0 Å². The quantitative estimate of drug-likeness (QED) is 0.822. The van der Waals surface area contributed by atoms with E-state index in [-0.39, 0.29) is 18.5 Å². The lowest BCUT2D eigenvalue weighted by Crippen LogP contribution is -2.42. The minimum atomic E-state index is 0.0148. The van der Waals surface area contributed by atoms with Crippen molar-refractivity contribution < 1.29 is 9.59 Å². The van der Waals surface area contributed by atoms with Crippen LogP contribution in [0.5, 0.6) is 0 Å². The zero-order chi connectivity index (χ0) is 16.4. The van der Waals surface area contributed by atoms with Crippen LogP contribution in [-0.2, 0) is 11.3 Å². The van der Waals surface area contributed by atoms with Crippen LogP contribution in [0.15, 0.2) is 28.9 Å². The van der Waals surface area contributed by atoms with E-state index in [1.54, 1.807) is 6.20 Å². The van der Waals surface area contributed by atoms with Gasteiger partial charge in [0.1, 0.15) is 6.54 Å². The Morgan fingerprint density at radius 2 is 2.17 bits per heavy atom. The number of carbonyl (C=O) groups is 2. The molecule has 4 nitrogen and oxygen atoms in total. The van der Waals surface area contributed by atoms with Crippen LogP contribution in [-0.4, -0.2) is 22.8 Å². The highest BCUT2D eigenvalue weighted by Crippen LogP contribution is 2.25. The van der Waals surface area contributed by atoms with Gasteiger partial charge in [0.2, 0.25) is 5.91 Å². The maximum atomic E-state index is 12.4. The molecule has 1 saturated carbocycles. The van der Waals surface area contributed by atoms with Crippen LogP contribution < -0.4 is 5.32 Å². The molecule has 0 saturated heterocycles. The number of amides is 1. The molecule has 0 radical (unpaired) electrons. The first-order chi connectivity index (χ1) is 11.1. The van der Waals surface area contributed by atoms with Crippen molar-refractivity contribution in [1.29, 1.82) is 0 Å². The van der Waals surface area contributed by atoms with E-state index in [0.717, 1.165) is 28.1 Å². The van der Waals surface area contributed by atoms with Crippen molar-refractivity contribution >= 4 is 39.0 Å². The van der Waals surface area contributed by atoms with Gasteiger partial charge in [0.05, 0.1) is 0 Å². The Labute approximate surface area is 144 Å². The molecular formula is C18H21BrN2O2. The predicted octanol–water partition coefficient (Wildman–Crippen LogP) is 3.91. The van der Waals surface area contributed by atoms with Crippen molar-refractivity contribution in [3.05, 3.63) is 34.4 Å². The second kappa shape index (κ2) is 6.87. The summed E-state index contributed by atoms with van der Waals surface area (Å²) in [6.07, 6.45) is 7.28. The monoisotopic (exact) mass is 376 g/mol. The summed E-state index contributed by atoms with van der Waals surface area (Å²) in [7, 11) is 0. The smallest absolute Gasteiger partial charge is 0.240 e. The fraction of sp³-hybridized carbons (Fsp3) is 0.444. The van der Waals surface area contributed by atoms with Gasteiger partial charge in [-0.15, -0.1) is 0 Å². The van der Waals surface area contributed by atoms with Gasteiger partial charge in [-0.2, -0.15) is 0 Å². The first-order valence-electron chi connectivity index (χ1n) is 8.11. The minimum Gasteiger partial charge on any atom is -0.352 e. The van der Waals surface area contributed by atoms with Gasteiger partial charge >= 0.3 is 0 Å². The highest BCUT2D eigenvalue weighted by Gasteiger charge is 2.23. The molecular weight excluding hydrogens is 356 g/mol. The third kappa shape index (κ3) is 3.50. The van der Waals surface area contributed by atoms with Crippen molar-refractivity contribution in [3.63, 3.8) is 0 Å². The number of aromatic nitrogens is 1. The van der Waals surface area contributed by atoms with Gasteiger partial charge in [-0.25, -0.2) is 0 Å². The topological polar surface area (TPSA) is 51.1 Å². The first kappa shape index (κ1) is 16.2. The zero-order valence-corrected chi connectivity index (χ0v) is 14.8. The second-order valence-electron chi connectivity index (χ2n) is 6.43. The summed E-state index contributed by atoms with van der Waals surface area (Å²) in [5.41, 5.74) is 1.52. The van der Waals surface area contributed by atoms with E-state index < -0.39 is 0 Å². The van der Waals surface area contributed by atoms with Gasteiger partial charge in [-0.1, -0.05) is 35.7 Å². The number of benzene rings is 1. The number of carbonyl (C=O) groups excluding carboxylic acids is 2. The predicted molar refractivity (Wildman–Crippen MR) is 94.6 cm³/mol. The van der Waals surface area contributed by atoms with Crippen LogP contribution in [0.25, 0.3) is 10.9 Å². The number of fused-ring (bicyclic) bond motifs is 1. The Morgan fingerprint density at radius 3 is 2.91 bits per heavy atom. The number of nitrogens with one attached hydrogen (secondary N) is 1. The second-order valence-corrected chi connectivity index (χ2v) is 7.34. The van der Waals surface area contributed by atoms with Crippen LogP contribution in [0.1, 0.15) is 43.0 Å². The van der Waals surface area contributed by atoms with E-state index in [1.165, 1.54) is 19.3 Å². The average molecular weight is 377 g/mol. The molecule has 1 aromatic heterocycles. The molecule has 1 fully saturated rings. The van der Waals surface area contributed by atoms with E-state index in [9.17, 15) is 9.59 Å². The molecule has 1 aromatic carbocycles. The number of nitrogens with zero attached hydrogens (tertiary/aromatic N) is 1. The summed E-state index contributed by atoms with van der Waals surface area (Å²) < 4.78 is 2.78. The summed E-state index contributed by atoms with van der Waals surface area (Å²) in [6.45, 7) is 2.45. The van der Waals surface area contributed by atoms with Crippen LogP contribution in [0.2, 0.25) is 0 Å². The van der Waals surface area contributed by atoms with Crippen LogP contribution >= 0.6 is 15.9 Å². The molecule has 0 bridgehead atoms. The number of halogens is 1. The maximum absolute atomic E-state index is 12.4. The van der Waals surface area contributed by atoms with E-state index in [0.29, 0.717) is 11.5 Å². The van der Waals surface area contributed by atoms with Crippen LogP contribution in [0, 0.1) is 5.92 Å². The van der Waals surface area contributed by atoms with Crippen molar-refractivity contribution in [2.75, 3.05) is 0 Å². The standard InChI is InChI=1S/C18H21BrN2O2/c1-12-4-2-3-5-16(12)20-18(23)10-21-9-13(11-22)15-8-14(19)6-7-17(15)21/h6-9,11-12,16H,2-5,10H2,1H3,(H,20,23)/t12-,16-/m1/s1. The highest BCUT2D eigenvalue weighted by molar-refractivity contribution is 9.10. The number of rotatable bonds is 4.